The Kier molecular flexibility index (Phi) is 7.40. The van der Waals surface area contributed by atoms with E-state index in [-0.39, 0.29) is 0 Å². The summed E-state index contributed by atoms with van der Waals surface area (Å²) in [5, 5.41) is 12.9. The van der Waals surface area contributed by atoms with Crippen molar-refractivity contribution in [2.75, 3.05) is 39.2 Å². The van der Waals surface area contributed by atoms with Crippen molar-refractivity contribution in [2.24, 2.45) is 0 Å². The molecule has 108 valence electrons. The van der Waals surface area contributed by atoms with Crippen molar-refractivity contribution in [2.45, 2.75) is 26.0 Å². The molecule has 0 aromatic carbocycles. The van der Waals surface area contributed by atoms with Gasteiger partial charge in [0.2, 0.25) is 0 Å². The number of nitrogens with one attached hydrogen (secondary N) is 1. The molecule has 0 aliphatic heterocycles. The summed E-state index contributed by atoms with van der Waals surface area (Å²) >= 11 is 0. The predicted molar refractivity (Wildman–Crippen MR) is 77.2 cm³/mol. The van der Waals surface area contributed by atoms with Crippen molar-refractivity contribution in [1.29, 1.82) is 0 Å². The number of aliphatic hydroxyl groups is 1. The summed E-state index contributed by atoms with van der Waals surface area (Å²) in [6.07, 6.45) is 2.51. The maximum Gasteiger partial charge on any atom is 0.125 e. The number of methoxy groups -OCH3 is 1. The molecule has 0 aliphatic carbocycles. The van der Waals surface area contributed by atoms with E-state index in [1.165, 1.54) is 0 Å². The highest BCUT2D eigenvalue weighted by atomic mass is 16.5. The van der Waals surface area contributed by atoms with E-state index in [0.29, 0.717) is 13.2 Å². The van der Waals surface area contributed by atoms with Crippen molar-refractivity contribution in [3.05, 3.63) is 23.9 Å². The van der Waals surface area contributed by atoms with E-state index in [1.807, 2.05) is 19.3 Å². The Labute approximate surface area is 115 Å². The second-order valence-corrected chi connectivity index (χ2v) is 4.78. The highest BCUT2D eigenvalue weighted by molar-refractivity contribution is 5.35. The van der Waals surface area contributed by atoms with Gasteiger partial charge in [0.05, 0.1) is 12.7 Å². The van der Waals surface area contributed by atoms with E-state index in [9.17, 15) is 5.11 Å². The molecule has 19 heavy (non-hydrogen) atoms. The largest absolute Gasteiger partial charge is 0.389 e. The zero-order chi connectivity index (χ0) is 14.1. The van der Waals surface area contributed by atoms with Gasteiger partial charge >= 0.3 is 0 Å². The smallest absolute Gasteiger partial charge is 0.125 e. The number of aliphatic hydroxyl groups excluding tert-OH is 1. The third kappa shape index (κ3) is 6.52. The summed E-state index contributed by atoms with van der Waals surface area (Å²) in [5.74, 6) is 0.910. The van der Waals surface area contributed by atoms with Crippen molar-refractivity contribution in [1.82, 2.24) is 9.88 Å². The minimum Gasteiger partial charge on any atom is -0.389 e. The molecule has 0 amide bonds. The van der Waals surface area contributed by atoms with Crippen molar-refractivity contribution in [3.63, 3.8) is 0 Å². The zero-order valence-corrected chi connectivity index (χ0v) is 12.1. The Balaban J connectivity index is 2.39. The van der Waals surface area contributed by atoms with Gasteiger partial charge < -0.3 is 15.2 Å². The number of anilines is 1. The molecule has 1 aromatic heterocycles. The number of likely N-dealkylation sites (N-methyl/N-ethyl adjacent to an activating group) is 1. The maximum atomic E-state index is 9.65. The van der Waals surface area contributed by atoms with Crippen LogP contribution in [0.25, 0.3) is 0 Å². The quantitative estimate of drug-likeness (QED) is 0.707. The summed E-state index contributed by atoms with van der Waals surface area (Å²) in [6.45, 7) is 4.78. The van der Waals surface area contributed by atoms with E-state index in [2.05, 4.69) is 28.2 Å². The lowest BCUT2D eigenvalue weighted by atomic mass is 10.2. The molecule has 1 heterocycles. The standard InChI is InChI=1S/C14H25N3O2/c1-4-7-15-14-6-5-12(8-16-14)9-17(2)10-13(18)11-19-3/h5-6,8,13,18H,4,7,9-11H2,1-3H3,(H,15,16). The van der Waals surface area contributed by atoms with Gasteiger partial charge in [-0.15, -0.1) is 0 Å². The monoisotopic (exact) mass is 267 g/mol. The third-order valence-electron chi connectivity index (χ3n) is 2.71. The Bertz CT molecular complexity index is 343. The van der Waals surface area contributed by atoms with Gasteiger partial charge in [-0.3, -0.25) is 4.90 Å². The fourth-order valence-corrected chi connectivity index (χ4v) is 1.86. The number of hydrogen-bond donors (Lipinski definition) is 2. The van der Waals surface area contributed by atoms with Gasteiger partial charge in [-0.25, -0.2) is 4.98 Å². The molecule has 1 rings (SSSR count). The topological polar surface area (TPSA) is 57.6 Å². The zero-order valence-electron chi connectivity index (χ0n) is 12.1. The van der Waals surface area contributed by atoms with Crippen LogP contribution in [0.2, 0.25) is 0 Å². The molecule has 1 unspecified atom stereocenters. The van der Waals surface area contributed by atoms with E-state index >= 15 is 0 Å². The number of hydrogen-bond acceptors (Lipinski definition) is 5. The van der Waals surface area contributed by atoms with E-state index in [0.717, 1.165) is 30.9 Å². The molecule has 0 saturated heterocycles. The lowest BCUT2D eigenvalue weighted by molar-refractivity contribution is 0.0418. The minimum atomic E-state index is -0.451. The average molecular weight is 267 g/mol. The molecular formula is C14H25N3O2. The fourth-order valence-electron chi connectivity index (χ4n) is 1.86. The Morgan fingerprint density at radius 2 is 2.26 bits per heavy atom. The number of pyridine rings is 1. The third-order valence-corrected chi connectivity index (χ3v) is 2.71. The molecule has 0 bridgehead atoms. The SMILES string of the molecule is CCCNc1ccc(CN(C)CC(O)COC)cn1. The second kappa shape index (κ2) is 8.85. The fraction of sp³-hybridized carbons (Fsp3) is 0.643. The van der Waals surface area contributed by atoms with Crippen molar-refractivity contribution in [3.8, 4) is 0 Å². The van der Waals surface area contributed by atoms with Gasteiger partial charge in [-0.2, -0.15) is 0 Å². The highest BCUT2D eigenvalue weighted by Gasteiger charge is 2.08. The van der Waals surface area contributed by atoms with Crippen LogP contribution in [-0.4, -0.2) is 54.9 Å². The summed E-state index contributed by atoms with van der Waals surface area (Å²) < 4.78 is 4.91. The number of aromatic nitrogens is 1. The van der Waals surface area contributed by atoms with Gasteiger partial charge in [-0.1, -0.05) is 13.0 Å². The summed E-state index contributed by atoms with van der Waals surface area (Å²) in [4.78, 5) is 6.42. The molecule has 1 aromatic rings. The Morgan fingerprint density at radius 3 is 2.84 bits per heavy atom. The van der Waals surface area contributed by atoms with E-state index < -0.39 is 6.10 Å². The number of ether oxygens (including phenoxy) is 1. The van der Waals surface area contributed by atoms with Crippen LogP contribution < -0.4 is 5.32 Å². The van der Waals surface area contributed by atoms with Gasteiger partial charge in [0.15, 0.2) is 0 Å². The lowest BCUT2D eigenvalue weighted by Gasteiger charge is -2.20. The first-order valence-corrected chi connectivity index (χ1v) is 6.70. The number of nitrogens with zero attached hydrogens (tertiary/aromatic N) is 2. The second-order valence-electron chi connectivity index (χ2n) is 4.78. The normalized spacial score (nSPS) is 12.7. The van der Waals surface area contributed by atoms with Crippen LogP contribution in [0.3, 0.4) is 0 Å². The molecule has 0 aliphatic rings. The maximum absolute atomic E-state index is 9.65. The lowest BCUT2D eigenvalue weighted by Crippen LogP contribution is -2.31. The average Bonchev–Trinajstić information content (AvgIpc) is 2.38. The van der Waals surface area contributed by atoms with Crippen LogP contribution in [0.5, 0.6) is 0 Å². The molecule has 5 heteroatoms. The first-order valence-electron chi connectivity index (χ1n) is 6.70. The summed E-state index contributed by atoms with van der Waals surface area (Å²) in [5.41, 5.74) is 1.13. The van der Waals surface area contributed by atoms with Crippen LogP contribution >= 0.6 is 0 Å². The van der Waals surface area contributed by atoms with E-state index in [1.54, 1.807) is 7.11 Å². The van der Waals surface area contributed by atoms with Crippen LogP contribution in [0, 0.1) is 0 Å². The molecular weight excluding hydrogens is 242 g/mol. The first-order chi connectivity index (χ1) is 9.15. The molecule has 0 spiro atoms. The highest BCUT2D eigenvalue weighted by Crippen LogP contribution is 2.07. The van der Waals surface area contributed by atoms with Crippen LogP contribution in [-0.2, 0) is 11.3 Å². The molecule has 2 N–H and O–H groups in total. The van der Waals surface area contributed by atoms with Gasteiger partial charge in [0.1, 0.15) is 5.82 Å². The first kappa shape index (κ1) is 15.9. The summed E-state index contributed by atoms with van der Waals surface area (Å²) in [7, 11) is 3.57. The van der Waals surface area contributed by atoms with Gasteiger partial charge in [0, 0.05) is 32.9 Å². The molecule has 0 radical (unpaired) electrons. The van der Waals surface area contributed by atoms with E-state index in [4.69, 9.17) is 4.74 Å². The minimum absolute atomic E-state index is 0.364. The van der Waals surface area contributed by atoms with Crippen molar-refractivity contribution >= 4 is 5.82 Å². The molecule has 0 fully saturated rings. The van der Waals surface area contributed by atoms with Gasteiger partial charge in [-0.05, 0) is 25.1 Å². The molecule has 5 nitrogen and oxygen atoms in total. The summed E-state index contributed by atoms with van der Waals surface area (Å²) in [6, 6.07) is 4.05. The Morgan fingerprint density at radius 1 is 1.47 bits per heavy atom. The predicted octanol–water partition coefficient (Wildman–Crippen LogP) is 1.34. The Hall–Kier alpha value is -1.17. The van der Waals surface area contributed by atoms with Gasteiger partial charge in [0.25, 0.3) is 0 Å². The molecule has 1 atom stereocenters. The van der Waals surface area contributed by atoms with Crippen molar-refractivity contribution < 1.29 is 9.84 Å². The van der Waals surface area contributed by atoms with Crippen LogP contribution in [0.1, 0.15) is 18.9 Å². The molecule has 0 saturated carbocycles. The van der Waals surface area contributed by atoms with Crippen LogP contribution in [0.4, 0.5) is 5.82 Å². The number of rotatable bonds is 9. The van der Waals surface area contributed by atoms with Crippen LogP contribution in [0.15, 0.2) is 18.3 Å².